The highest BCUT2D eigenvalue weighted by molar-refractivity contribution is 5.98. The molecule has 2 amide bonds. The van der Waals surface area contributed by atoms with E-state index in [1.807, 2.05) is 0 Å². The molecule has 8 nitrogen and oxygen atoms in total. The number of amides is 2. The number of nitrogens with zero attached hydrogens (tertiary/aromatic N) is 2. The standard InChI is InChI=1S/C24H36N2O6/c1-4-7-9-16-31-23(30)18-17-10-11-24(32-17)19(18)21(28)26(14-15-27)20(24)22(29)25(12-6-3)13-8-5-2/h4,6,17-20,27H,1,3,5,7-16H2,2H3/t17-,18+,19+,20?,24?/m1/s1. The molecule has 1 spiro atoms. The average molecular weight is 449 g/mol. The normalized spacial score (nSPS) is 30.3. The van der Waals surface area contributed by atoms with Crippen LogP contribution in [0.15, 0.2) is 25.3 Å². The van der Waals surface area contributed by atoms with E-state index < -0.39 is 35.6 Å². The molecule has 2 bridgehead atoms. The Bertz CT molecular complexity index is 740. The van der Waals surface area contributed by atoms with Gasteiger partial charge in [-0.2, -0.15) is 0 Å². The summed E-state index contributed by atoms with van der Waals surface area (Å²) in [6, 6.07) is -0.854. The van der Waals surface area contributed by atoms with Crippen LogP contribution in [0, 0.1) is 11.8 Å². The second kappa shape index (κ2) is 10.6. The van der Waals surface area contributed by atoms with Crippen molar-refractivity contribution in [2.75, 3.05) is 32.8 Å². The number of rotatable bonds is 13. The Balaban J connectivity index is 1.88. The second-order valence-corrected chi connectivity index (χ2v) is 8.84. The molecule has 3 aliphatic heterocycles. The number of aliphatic hydroxyl groups is 1. The van der Waals surface area contributed by atoms with Gasteiger partial charge in [-0.25, -0.2) is 0 Å². The zero-order valence-corrected chi connectivity index (χ0v) is 19.0. The minimum atomic E-state index is -1.05. The van der Waals surface area contributed by atoms with Crippen LogP contribution in [0.1, 0.15) is 45.4 Å². The SMILES string of the molecule is C=CCCCOC(=O)[C@@H]1[C@H]2C(=O)N(CCO)C(C(=O)N(CC=C)CCCC)C23CC[C@H]1O3. The Labute approximate surface area is 190 Å². The van der Waals surface area contributed by atoms with E-state index >= 15 is 0 Å². The first-order chi connectivity index (χ1) is 15.5. The fourth-order valence-corrected chi connectivity index (χ4v) is 5.51. The van der Waals surface area contributed by atoms with Gasteiger partial charge in [0.25, 0.3) is 0 Å². The van der Waals surface area contributed by atoms with E-state index in [0.29, 0.717) is 32.4 Å². The van der Waals surface area contributed by atoms with Gasteiger partial charge in [0.05, 0.1) is 31.2 Å². The lowest BCUT2D eigenvalue weighted by Gasteiger charge is -2.36. The molecule has 8 heteroatoms. The first-order valence-electron chi connectivity index (χ1n) is 11.7. The number of unbranched alkanes of at least 4 members (excludes halogenated alkanes) is 2. The number of fused-ring (bicyclic) bond motifs is 1. The molecule has 3 heterocycles. The van der Waals surface area contributed by atoms with Crippen LogP contribution in [0.4, 0.5) is 0 Å². The van der Waals surface area contributed by atoms with Crippen LogP contribution < -0.4 is 0 Å². The third-order valence-electron chi connectivity index (χ3n) is 6.89. The highest BCUT2D eigenvalue weighted by Crippen LogP contribution is 2.58. The van der Waals surface area contributed by atoms with Crippen molar-refractivity contribution in [1.29, 1.82) is 0 Å². The summed E-state index contributed by atoms with van der Waals surface area (Å²) in [6.45, 7) is 10.4. The molecule has 32 heavy (non-hydrogen) atoms. The summed E-state index contributed by atoms with van der Waals surface area (Å²) in [5.74, 6) is -2.43. The van der Waals surface area contributed by atoms with Gasteiger partial charge in [0.2, 0.25) is 11.8 Å². The molecule has 2 unspecified atom stereocenters. The van der Waals surface area contributed by atoms with E-state index in [0.717, 1.165) is 19.3 Å². The predicted octanol–water partition coefficient (Wildman–Crippen LogP) is 1.68. The number of aliphatic hydroxyl groups excluding tert-OH is 1. The number of hydrogen-bond donors (Lipinski definition) is 1. The van der Waals surface area contributed by atoms with Crippen molar-refractivity contribution < 1.29 is 29.0 Å². The molecule has 3 fully saturated rings. The molecule has 0 saturated carbocycles. The molecule has 3 aliphatic rings. The Kier molecular flexibility index (Phi) is 8.11. The van der Waals surface area contributed by atoms with Crippen molar-refractivity contribution in [2.24, 2.45) is 11.8 Å². The van der Waals surface area contributed by atoms with Gasteiger partial charge in [-0.3, -0.25) is 14.4 Å². The Hall–Kier alpha value is -2.19. The molecule has 0 aromatic heterocycles. The van der Waals surface area contributed by atoms with Crippen molar-refractivity contribution in [3.05, 3.63) is 25.3 Å². The van der Waals surface area contributed by atoms with Gasteiger partial charge in [-0.1, -0.05) is 25.5 Å². The molecule has 178 valence electrons. The van der Waals surface area contributed by atoms with E-state index in [-0.39, 0.29) is 31.6 Å². The van der Waals surface area contributed by atoms with Gasteiger partial charge < -0.3 is 24.4 Å². The quantitative estimate of drug-likeness (QED) is 0.262. The largest absolute Gasteiger partial charge is 0.465 e. The van der Waals surface area contributed by atoms with E-state index in [2.05, 4.69) is 20.1 Å². The highest BCUT2D eigenvalue weighted by Gasteiger charge is 2.75. The lowest BCUT2D eigenvalue weighted by Crippen LogP contribution is -2.56. The number of likely N-dealkylation sites (tertiary alicyclic amines) is 1. The van der Waals surface area contributed by atoms with Gasteiger partial charge >= 0.3 is 5.97 Å². The molecule has 0 aromatic rings. The number of carbonyl (C=O) groups excluding carboxylic acids is 3. The van der Waals surface area contributed by atoms with Crippen molar-refractivity contribution in [3.63, 3.8) is 0 Å². The average Bonchev–Trinajstić information content (AvgIpc) is 3.42. The van der Waals surface area contributed by atoms with Crippen molar-refractivity contribution in [3.8, 4) is 0 Å². The highest BCUT2D eigenvalue weighted by atomic mass is 16.6. The molecule has 0 aliphatic carbocycles. The lowest BCUT2D eigenvalue weighted by atomic mass is 9.70. The summed E-state index contributed by atoms with van der Waals surface area (Å²) < 4.78 is 11.8. The number of hydrogen-bond acceptors (Lipinski definition) is 6. The van der Waals surface area contributed by atoms with Gasteiger partial charge in [-0.05, 0) is 32.1 Å². The molecule has 5 atom stereocenters. The van der Waals surface area contributed by atoms with Gasteiger partial charge in [0, 0.05) is 19.6 Å². The fourth-order valence-electron chi connectivity index (χ4n) is 5.51. The maximum Gasteiger partial charge on any atom is 0.312 e. The third-order valence-corrected chi connectivity index (χ3v) is 6.89. The van der Waals surface area contributed by atoms with Gasteiger partial charge in [0.1, 0.15) is 11.6 Å². The zero-order valence-electron chi connectivity index (χ0n) is 19.0. The van der Waals surface area contributed by atoms with Crippen LogP contribution >= 0.6 is 0 Å². The summed E-state index contributed by atoms with van der Waals surface area (Å²) in [6.07, 6.45) is 7.31. The number of ether oxygens (including phenoxy) is 2. The summed E-state index contributed by atoms with van der Waals surface area (Å²) in [7, 11) is 0. The monoisotopic (exact) mass is 448 g/mol. The van der Waals surface area contributed by atoms with Crippen molar-refractivity contribution in [2.45, 2.75) is 63.2 Å². The summed E-state index contributed by atoms with van der Waals surface area (Å²) in [5, 5.41) is 9.62. The Morgan fingerprint density at radius 2 is 2.12 bits per heavy atom. The summed E-state index contributed by atoms with van der Waals surface area (Å²) in [4.78, 5) is 43.3. The second-order valence-electron chi connectivity index (χ2n) is 8.84. The number of allylic oxidation sites excluding steroid dienone is 1. The van der Waals surface area contributed by atoms with Gasteiger partial charge in [0.15, 0.2) is 0 Å². The van der Waals surface area contributed by atoms with Crippen molar-refractivity contribution >= 4 is 17.8 Å². The van der Waals surface area contributed by atoms with E-state index in [4.69, 9.17) is 9.47 Å². The van der Waals surface area contributed by atoms with E-state index in [1.54, 1.807) is 17.1 Å². The Morgan fingerprint density at radius 1 is 1.34 bits per heavy atom. The summed E-state index contributed by atoms with van der Waals surface area (Å²) in [5.41, 5.74) is -1.05. The van der Waals surface area contributed by atoms with Crippen LogP contribution in [0.5, 0.6) is 0 Å². The molecule has 3 saturated heterocycles. The molecular weight excluding hydrogens is 412 g/mol. The first kappa shape index (κ1) is 24.5. The molecule has 0 radical (unpaired) electrons. The number of β-amino-alcohol motifs (C(OH)–C–C–N with tert-alkyl or cyclic N) is 1. The first-order valence-corrected chi connectivity index (χ1v) is 11.7. The van der Waals surface area contributed by atoms with E-state index in [9.17, 15) is 19.5 Å². The topological polar surface area (TPSA) is 96.4 Å². The molecule has 3 rings (SSSR count). The smallest absolute Gasteiger partial charge is 0.312 e. The van der Waals surface area contributed by atoms with Crippen LogP contribution in [-0.2, 0) is 23.9 Å². The zero-order chi connectivity index (χ0) is 23.3. The molecule has 1 N–H and O–H groups in total. The number of esters is 1. The third kappa shape index (κ3) is 4.22. The molecular formula is C24H36N2O6. The fraction of sp³-hybridized carbons (Fsp3) is 0.708. The molecule has 0 aromatic carbocycles. The van der Waals surface area contributed by atoms with Crippen LogP contribution in [0.25, 0.3) is 0 Å². The lowest BCUT2D eigenvalue weighted by molar-refractivity contribution is -0.155. The van der Waals surface area contributed by atoms with Crippen LogP contribution in [0.3, 0.4) is 0 Å². The van der Waals surface area contributed by atoms with Crippen LogP contribution in [0.2, 0.25) is 0 Å². The van der Waals surface area contributed by atoms with E-state index in [1.165, 1.54) is 4.90 Å². The van der Waals surface area contributed by atoms with Crippen molar-refractivity contribution in [1.82, 2.24) is 9.80 Å². The van der Waals surface area contributed by atoms with Gasteiger partial charge in [-0.15, -0.1) is 13.2 Å². The Morgan fingerprint density at radius 3 is 2.78 bits per heavy atom. The maximum absolute atomic E-state index is 13.7. The number of carbonyl (C=O) groups is 3. The predicted molar refractivity (Wildman–Crippen MR) is 118 cm³/mol. The maximum atomic E-state index is 13.7. The summed E-state index contributed by atoms with van der Waals surface area (Å²) >= 11 is 0. The van der Waals surface area contributed by atoms with Crippen LogP contribution in [-0.4, -0.2) is 83.3 Å². The minimum absolute atomic E-state index is 0.0261. The minimum Gasteiger partial charge on any atom is -0.465 e.